The minimum Gasteiger partial charge on any atom is -0.478 e. The van der Waals surface area contributed by atoms with Gasteiger partial charge in [-0.1, -0.05) is 30.9 Å². The lowest BCUT2D eigenvalue weighted by atomic mass is 9.82. The van der Waals surface area contributed by atoms with Crippen molar-refractivity contribution in [1.82, 2.24) is 0 Å². The van der Waals surface area contributed by atoms with Crippen LogP contribution in [0.15, 0.2) is 18.2 Å². The van der Waals surface area contributed by atoms with Crippen molar-refractivity contribution in [2.75, 3.05) is 5.32 Å². The Morgan fingerprint density at radius 2 is 1.90 bits per heavy atom. The van der Waals surface area contributed by atoms with E-state index < -0.39 is 11.5 Å². The van der Waals surface area contributed by atoms with Crippen LogP contribution in [0.4, 0.5) is 5.69 Å². The van der Waals surface area contributed by atoms with E-state index in [2.05, 4.69) is 5.32 Å². The number of amides is 1. The van der Waals surface area contributed by atoms with Crippen LogP contribution in [0.2, 0.25) is 5.02 Å². The van der Waals surface area contributed by atoms with Gasteiger partial charge in [0.15, 0.2) is 0 Å². The number of hydrogen-bond donors (Lipinski definition) is 3. The van der Waals surface area contributed by atoms with E-state index in [4.69, 9.17) is 22.4 Å². The fraction of sp³-hybridized carbons (Fsp3) is 0.429. The molecule has 0 aliphatic heterocycles. The Morgan fingerprint density at radius 1 is 1.25 bits per heavy atom. The van der Waals surface area contributed by atoms with Gasteiger partial charge in [-0.05, 0) is 31.0 Å². The number of nitrogens with one attached hydrogen (secondary N) is 1. The molecule has 2 rings (SSSR count). The molecule has 108 valence electrons. The average molecular weight is 297 g/mol. The van der Waals surface area contributed by atoms with E-state index in [1.807, 2.05) is 0 Å². The third kappa shape index (κ3) is 3.11. The molecule has 1 aromatic carbocycles. The van der Waals surface area contributed by atoms with E-state index >= 15 is 0 Å². The van der Waals surface area contributed by atoms with Crippen molar-refractivity contribution in [2.24, 2.45) is 5.73 Å². The van der Waals surface area contributed by atoms with E-state index in [-0.39, 0.29) is 16.5 Å². The average Bonchev–Trinajstić information content (AvgIpc) is 2.41. The number of carboxylic acids is 1. The Balaban J connectivity index is 2.15. The molecule has 0 unspecified atom stereocenters. The quantitative estimate of drug-likeness (QED) is 0.799. The van der Waals surface area contributed by atoms with Crippen LogP contribution in [0.25, 0.3) is 0 Å². The molecule has 1 fully saturated rings. The second kappa shape index (κ2) is 5.81. The number of anilines is 1. The van der Waals surface area contributed by atoms with Gasteiger partial charge in [0.05, 0.1) is 16.1 Å². The van der Waals surface area contributed by atoms with E-state index in [0.29, 0.717) is 18.5 Å². The molecule has 0 radical (unpaired) electrons. The first-order valence-corrected chi connectivity index (χ1v) is 6.93. The molecule has 0 saturated heterocycles. The van der Waals surface area contributed by atoms with E-state index in [1.54, 1.807) is 6.07 Å². The highest BCUT2D eigenvalue weighted by Gasteiger charge is 2.35. The van der Waals surface area contributed by atoms with Crippen molar-refractivity contribution < 1.29 is 14.7 Å². The fourth-order valence-corrected chi connectivity index (χ4v) is 2.63. The number of benzene rings is 1. The zero-order chi connectivity index (χ0) is 14.8. The van der Waals surface area contributed by atoms with Crippen LogP contribution in [0, 0.1) is 0 Å². The largest absolute Gasteiger partial charge is 0.478 e. The normalized spacial score (nSPS) is 17.5. The molecule has 6 heteroatoms. The highest BCUT2D eigenvalue weighted by molar-refractivity contribution is 6.33. The van der Waals surface area contributed by atoms with Gasteiger partial charge >= 0.3 is 5.97 Å². The second-order valence-corrected chi connectivity index (χ2v) is 5.58. The van der Waals surface area contributed by atoms with Crippen molar-refractivity contribution in [3.05, 3.63) is 28.8 Å². The number of rotatable bonds is 3. The summed E-state index contributed by atoms with van der Waals surface area (Å²) in [5.74, 6) is -1.40. The molecule has 5 nitrogen and oxygen atoms in total. The molecule has 1 saturated carbocycles. The number of carbonyl (C=O) groups excluding carboxylic acids is 1. The van der Waals surface area contributed by atoms with Gasteiger partial charge in [-0.15, -0.1) is 0 Å². The zero-order valence-corrected chi connectivity index (χ0v) is 11.7. The minimum atomic E-state index is -1.13. The molecule has 0 aromatic heterocycles. The fourth-order valence-electron chi connectivity index (χ4n) is 2.43. The maximum Gasteiger partial charge on any atom is 0.337 e. The lowest BCUT2D eigenvalue weighted by Crippen LogP contribution is -2.52. The lowest BCUT2D eigenvalue weighted by molar-refractivity contribution is -0.122. The number of carbonyl (C=O) groups is 2. The number of halogens is 1. The van der Waals surface area contributed by atoms with Crippen LogP contribution in [-0.2, 0) is 4.79 Å². The van der Waals surface area contributed by atoms with Crippen LogP contribution in [0.3, 0.4) is 0 Å². The zero-order valence-electron chi connectivity index (χ0n) is 11.0. The molecular formula is C14H17ClN2O3. The topological polar surface area (TPSA) is 92.4 Å². The Bertz CT molecular complexity index is 539. The summed E-state index contributed by atoms with van der Waals surface area (Å²) in [7, 11) is 0. The SMILES string of the molecule is NC1(C(=O)Nc2ccc(Cl)c(C(=O)O)c2)CCCCC1. The molecule has 1 amide bonds. The van der Waals surface area contributed by atoms with Crippen LogP contribution in [-0.4, -0.2) is 22.5 Å². The smallest absolute Gasteiger partial charge is 0.337 e. The van der Waals surface area contributed by atoms with E-state index in [9.17, 15) is 9.59 Å². The minimum absolute atomic E-state index is 0.0424. The van der Waals surface area contributed by atoms with Gasteiger partial charge in [-0.2, -0.15) is 0 Å². The number of aromatic carboxylic acids is 1. The number of carboxylic acid groups (broad SMARTS) is 1. The second-order valence-electron chi connectivity index (χ2n) is 5.17. The van der Waals surface area contributed by atoms with Gasteiger partial charge in [0, 0.05) is 5.69 Å². The summed E-state index contributed by atoms with van der Waals surface area (Å²) in [6.45, 7) is 0. The molecule has 0 heterocycles. The van der Waals surface area contributed by atoms with Gasteiger partial charge < -0.3 is 16.2 Å². The predicted molar refractivity (Wildman–Crippen MR) is 77.0 cm³/mol. The third-order valence-corrected chi connectivity index (χ3v) is 3.98. The molecule has 0 spiro atoms. The summed E-state index contributed by atoms with van der Waals surface area (Å²) in [6, 6.07) is 4.36. The standard InChI is InChI=1S/C14H17ClN2O3/c15-11-5-4-9(8-10(11)12(18)19)17-13(20)14(16)6-2-1-3-7-14/h4-5,8H,1-3,6-7,16H2,(H,17,20)(H,18,19). The number of hydrogen-bond acceptors (Lipinski definition) is 3. The molecule has 0 atom stereocenters. The maximum absolute atomic E-state index is 12.2. The molecule has 1 aromatic rings. The van der Waals surface area contributed by atoms with E-state index in [0.717, 1.165) is 19.3 Å². The summed E-state index contributed by atoms with van der Waals surface area (Å²) in [6.07, 6.45) is 4.27. The van der Waals surface area contributed by atoms with Crippen LogP contribution < -0.4 is 11.1 Å². The van der Waals surface area contributed by atoms with E-state index in [1.165, 1.54) is 12.1 Å². The van der Waals surface area contributed by atoms with Gasteiger partial charge in [0.1, 0.15) is 0 Å². The molecule has 4 N–H and O–H groups in total. The van der Waals surface area contributed by atoms with Crippen molar-refractivity contribution in [3.8, 4) is 0 Å². The first-order chi connectivity index (χ1) is 9.42. The van der Waals surface area contributed by atoms with Gasteiger partial charge in [0.25, 0.3) is 0 Å². The first-order valence-electron chi connectivity index (χ1n) is 6.55. The number of nitrogens with two attached hydrogens (primary N) is 1. The molecular weight excluding hydrogens is 280 g/mol. The Kier molecular flexibility index (Phi) is 4.30. The maximum atomic E-state index is 12.2. The van der Waals surface area contributed by atoms with Crippen LogP contribution in [0.5, 0.6) is 0 Å². The Hall–Kier alpha value is -1.59. The Labute approximate surface area is 122 Å². The molecule has 1 aliphatic carbocycles. The highest BCUT2D eigenvalue weighted by atomic mass is 35.5. The van der Waals surface area contributed by atoms with Crippen LogP contribution >= 0.6 is 11.6 Å². The van der Waals surface area contributed by atoms with Gasteiger partial charge in [-0.25, -0.2) is 4.79 Å². The third-order valence-electron chi connectivity index (χ3n) is 3.65. The predicted octanol–water partition coefficient (Wildman–Crippen LogP) is 2.64. The van der Waals surface area contributed by atoms with Gasteiger partial charge in [-0.3, -0.25) is 4.79 Å². The molecule has 20 heavy (non-hydrogen) atoms. The van der Waals surface area contributed by atoms with Gasteiger partial charge in [0.2, 0.25) is 5.91 Å². The van der Waals surface area contributed by atoms with Crippen molar-refractivity contribution in [1.29, 1.82) is 0 Å². The summed E-state index contributed by atoms with van der Waals surface area (Å²) in [5, 5.41) is 11.8. The van der Waals surface area contributed by atoms with Crippen molar-refractivity contribution >= 4 is 29.2 Å². The summed E-state index contributed by atoms with van der Waals surface area (Å²) >= 11 is 5.79. The summed E-state index contributed by atoms with van der Waals surface area (Å²) in [5.41, 5.74) is 5.62. The summed E-state index contributed by atoms with van der Waals surface area (Å²) < 4.78 is 0. The van der Waals surface area contributed by atoms with Crippen molar-refractivity contribution in [3.63, 3.8) is 0 Å². The van der Waals surface area contributed by atoms with Crippen LogP contribution in [0.1, 0.15) is 42.5 Å². The first kappa shape index (κ1) is 14.8. The molecule has 0 bridgehead atoms. The lowest BCUT2D eigenvalue weighted by Gasteiger charge is -2.31. The molecule has 1 aliphatic rings. The van der Waals surface area contributed by atoms with Crippen molar-refractivity contribution in [2.45, 2.75) is 37.6 Å². The summed E-state index contributed by atoms with van der Waals surface area (Å²) in [4.78, 5) is 23.2. The highest BCUT2D eigenvalue weighted by Crippen LogP contribution is 2.28. The Morgan fingerprint density at radius 3 is 2.50 bits per heavy atom. The monoisotopic (exact) mass is 296 g/mol.